The van der Waals surface area contributed by atoms with E-state index in [1.807, 2.05) is 19.1 Å². The van der Waals surface area contributed by atoms with Crippen molar-refractivity contribution in [3.63, 3.8) is 0 Å². The van der Waals surface area contributed by atoms with Gasteiger partial charge in [0, 0.05) is 24.8 Å². The topological polar surface area (TPSA) is 25.4 Å². The van der Waals surface area contributed by atoms with Gasteiger partial charge in [-0.15, -0.1) is 0 Å². The summed E-state index contributed by atoms with van der Waals surface area (Å²) in [5.41, 5.74) is 2.68. The number of aromatic nitrogens is 1. The summed E-state index contributed by atoms with van der Waals surface area (Å²) in [4.78, 5) is 5.81. The average Bonchev–Trinajstić information content (AvgIpc) is 2.90. The first-order valence-corrected chi connectivity index (χ1v) is 7.20. The lowest BCUT2D eigenvalue weighted by Crippen LogP contribution is -2.31. The van der Waals surface area contributed by atoms with E-state index in [1.165, 1.54) is 11.9 Å². The maximum atomic E-state index is 12.5. The smallest absolute Gasteiger partial charge is 0.381 e. The SMILES string of the molecule is CCc1ccc([C@H]2CCOC2)c(CN(C)CC(F)(F)F)n1. The maximum Gasteiger partial charge on any atom is 0.401 e. The van der Waals surface area contributed by atoms with Crippen LogP contribution < -0.4 is 0 Å². The number of hydrogen-bond donors (Lipinski definition) is 0. The number of halogens is 3. The van der Waals surface area contributed by atoms with E-state index in [4.69, 9.17) is 4.74 Å². The standard InChI is InChI=1S/C15H21F3N2O/c1-3-12-4-5-13(11-6-7-21-9-11)14(19-12)8-20(2)10-15(16,17)18/h4-5,11H,3,6-10H2,1-2H3/t11-/m0/s1. The van der Waals surface area contributed by atoms with Gasteiger partial charge in [0.15, 0.2) is 0 Å². The van der Waals surface area contributed by atoms with Crippen LogP contribution in [0.2, 0.25) is 0 Å². The van der Waals surface area contributed by atoms with Crippen LogP contribution in [0.25, 0.3) is 0 Å². The van der Waals surface area contributed by atoms with Crippen LogP contribution in [0.4, 0.5) is 13.2 Å². The normalized spacial score (nSPS) is 19.4. The Morgan fingerprint density at radius 1 is 1.38 bits per heavy atom. The Morgan fingerprint density at radius 2 is 2.14 bits per heavy atom. The monoisotopic (exact) mass is 302 g/mol. The van der Waals surface area contributed by atoms with Gasteiger partial charge in [0.2, 0.25) is 0 Å². The molecular weight excluding hydrogens is 281 g/mol. The molecule has 1 aromatic heterocycles. The molecule has 6 heteroatoms. The average molecular weight is 302 g/mol. The van der Waals surface area contributed by atoms with Gasteiger partial charge < -0.3 is 4.74 Å². The van der Waals surface area contributed by atoms with Gasteiger partial charge in [-0.1, -0.05) is 13.0 Å². The molecule has 0 amide bonds. The minimum Gasteiger partial charge on any atom is -0.381 e. The third-order valence-corrected chi connectivity index (χ3v) is 3.67. The predicted octanol–water partition coefficient (Wildman–Crippen LogP) is 3.14. The highest BCUT2D eigenvalue weighted by atomic mass is 19.4. The van der Waals surface area contributed by atoms with E-state index < -0.39 is 12.7 Å². The molecular formula is C15H21F3N2O. The fourth-order valence-electron chi connectivity index (χ4n) is 2.65. The van der Waals surface area contributed by atoms with Crippen LogP contribution in [0.15, 0.2) is 12.1 Å². The molecule has 0 bridgehead atoms. The van der Waals surface area contributed by atoms with Crippen molar-refractivity contribution in [1.82, 2.24) is 9.88 Å². The Hall–Kier alpha value is -1.14. The molecule has 0 spiro atoms. The van der Waals surface area contributed by atoms with Crippen molar-refractivity contribution in [2.75, 3.05) is 26.8 Å². The minimum atomic E-state index is -4.19. The maximum absolute atomic E-state index is 12.5. The highest BCUT2D eigenvalue weighted by Crippen LogP contribution is 2.28. The molecule has 1 aromatic rings. The minimum absolute atomic E-state index is 0.208. The van der Waals surface area contributed by atoms with E-state index >= 15 is 0 Å². The second kappa shape index (κ2) is 6.75. The van der Waals surface area contributed by atoms with Gasteiger partial charge in [0.1, 0.15) is 0 Å². The molecule has 0 aromatic carbocycles. The zero-order chi connectivity index (χ0) is 15.5. The highest BCUT2D eigenvalue weighted by molar-refractivity contribution is 5.28. The van der Waals surface area contributed by atoms with Gasteiger partial charge in [0.05, 0.1) is 18.8 Å². The predicted molar refractivity (Wildman–Crippen MR) is 74.2 cm³/mol. The Morgan fingerprint density at radius 3 is 2.71 bits per heavy atom. The van der Waals surface area contributed by atoms with Gasteiger partial charge in [0.25, 0.3) is 0 Å². The molecule has 2 rings (SSSR count). The van der Waals surface area contributed by atoms with Crippen molar-refractivity contribution in [3.8, 4) is 0 Å². The van der Waals surface area contributed by atoms with Crippen molar-refractivity contribution >= 4 is 0 Å². The van der Waals surface area contributed by atoms with Crippen molar-refractivity contribution < 1.29 is 17.9 Å². The molecule has 1 saturated heterocycles. The number of alkyl halides is 3. The molecule has 1 aliphatic heterocycles. The third kappa shape index (κ3) is 4.68. The summed E-state index contributed by atoms with van der Waals surface area (Å²) in [7, 11) is 1.47. The first-order valence-electron chi connectivity index (χ1n) is 7.20. The molecule has 0 saturated carbocycles. The molecule has 1 aliphatic rings. The molecule has 1 fully saturated rings. The van der Waals surface area contributed by atoms with Gasteiger partial charge in [-0.05, 0) is 31.5 Å². The van der Waals surface area contributed by atoms with Crippen LogP contribution in [0, 0.1) is 0 Å². The van der Waals surface area contributed by atoms with Crippen LogP contribution >= 0.6 is 0 Å². The second-order valence-electron chi connectivity index (χ2n) is 5.54. The van der Waals surface area contributed by atoms with Crippen LogP contribution in [0.1, 0.15) is 36.2 Å². The van der Waals surface area contributed by atoms with E-state index in [-0.39, 0.29) is 12.5 Å². The van der Waals surface area contributed by atoms with E-state index in [9.17, 15) is 13.2 Å². The molecule has 0 N–H and O–H groups in total. The number of rotatable bonds is 5. The summed E-state index contributed by atoms with van der Waals surface area (Å²) in [6.45, 7) is 2.61. The first kappa shape index (κ1) is 16.2. The van der Waals surface area contributed by atoms with Crippen molar-refractivity contribution in [2.24, 2.45) is 0 Å². The Bertz CT molecular complexity index is 470. The Balaban J connectivity index is 2.18. The third-order valence-electron chi connectivity index (χ3n) is 3.67. The zero-order valence-corrected chi connectivity index (χ0v) is 12.4. The van der Waals surface area contributed by atoms with E-state index in [1.54, 1.807) is 0 Å². The number of ether oxygens (including phenoxy) is 1. The Kier molecular flexibility index (Phi) is 5.22. The Labute approximate surface area is 123 Å². The van der Waals surface area contributed by atoms with Gasteiger partial charge >= 0.3 is 6.18 Å². The fraction of sp³-hybridized carbons (Fsp3) is 0.667. The summed E-state index contributed by atoms with van der Waals surface area (Å²) >= 11 is 0. The van der Waals surface area contributed by atoms with Gasteiger partial charge in [-0.3, -0.25) is 9.88 Å². The fourth-order valence-corrected chi connectivity index (χ4v) is 2.65. The lowest BCUT2D eigenvalue weighted by molar-refractivity contribution is -0.144. The lowest BCUT2D eigenvalue weighted by Gasteiger charge is -2.21. The quantitative estimate of drug-likeness (QED) is 0.835. The van der Waals surface area contributed by atoms with Crippen LogP contribution in [0.5, 0.6) is 0 Å². The van der Waals surface area contributed by atoms with Crippen molar-refractivity contribution in [1.29, 1.82) is 0 Å². The second-order valence-corrected chi connectivity index (χ2v) is 5.54. The highest BCUT2D eigenvalue weighted by Gasteiger charge is 2.30. The molecule has 1 atom stereocenters. The number of nitrogens with zero attached hydrogens (tertiary/aromatic N) is 2. The number of aryl methyl sites for hydroxylation is 1. The van der Waals surface area contributed by atoms with Gasteiger partial charge in [-0.2, -0.15) is 13.2 Å². The summed E-state index contributed by atoms with van der Waals surface area (Å²) in [6.07, 6.45) is -2.51. The van der Waals surface area contributed by atoms with E-state index in [2.05, 4.69) is 4.98 Å². The molecule has 0 aliphatic carbocycles. The van der Waals surface area contributed by atoms with Crippen molar-refractivity contribution in [3.05, 3.63) is 29.1 Å². The number of hydrogen-bond acceptors (Lipinski definition) is 3. The lowest BCUT2D eigenvalue weighted by atomic mass is 9.96. The van der Waals surface area contributed by atoms with E-state index in [0.717, 1.165) is 29.8 Å². The zero-order valence-electron chi connectivity index (χ0n) is 12.4. The van der Waals surface area contributed by atoms with Crippen molar-refractivity contribution in [2.45, 2.75) is 38.4 Å². The molecule has 0 radical (unpaired) electrons. The summed E-state index contributed by atoms with van der Waals surface area (Å²) < 4.78 is 42.8. The summed E-state index contributed by atoms with van der Waals surface area (Å²) in [6, 6.07) is 3.96. The molecule has 118 valence electrons. The van der Waals surface area contributed by atoms with E-state index in [0.29, 0.717) is 13.2 Å². The van der Waals surface area contributed by atoms with Gasteiger partial charge in [-0.25, -0.2) is 0 Å². The molecule has 0 unspecified atom stereocenters. The summed E-state index contributed by atoms with van der Waals surface area (Å²) in [5.74, 6) is 0.248. The molecule has 2 heterocycles. The van der Waals surface area contributed by atoms with Crippen LogP contribution in [-0.2, 0) is 17.7 Å². The summed E-state index contributed by atoms with van der Waals surface area (Å²) in [5, 5.41) is 0. The molecule has 3 nitrogen and oxygen atoms in total. The molecule has 21 heavy (non-hydrogen) atoms. The van der Waals surface area contributed by atoms with Crippen LogP contribution in [0.3, 0.4) is 0 Å². The largest absolute Gasteiger partial charge is 0.401 e. The van der Waals surface area contributed by atoms with Crippen LogP contribution in [-0.4, -0.2) is 42.9 Å². The number of pyridine rings is 1. The first-order chi connectivity index (χ1) is 9.89.